The number of likely N-dealkylation sites (tertiary alicyclic amines) is 1. The van der Waals surface area contributed by atoms with Crippen molar-refractivity contribution in [3.8, 4) is 0 Å². The number of piperidine rings is 1. The van der Waals surface area contributed by atoms with Crippen molar-refractivity contribution in [3.63, 3.8) is 0 Å². The third-order valence-corrected chi connectivity index (χ3v) is 4.12. The molecule has 0 bridgehead atoms. The summed E-state index contributed by atoms with van der Waals surface area (Å²) in [5.41, 5.74) is 2.28. The van der Waals surface area contributed by atoms with E-state index in [1.54, 1.807) is 0 Å². The number of hydrogen-bond acceptors (Lipinski definition) is 4. The fraction of sp³-hybridized carbons (Fsp3) is 0.562. The molecule has 3 rings (SSSR count). The van der Waals surface area contributed by atoms with E-state index in [2.05, 4.69) is 37.2 Å². The van der Waals surface area contributed by atoms with Crippen LogP contribution in [0.3, 0.4) is 0 Å². The molecule has 0 spiro atoms. The third-order valence-electron chi connectivity index (χ3n) is 4.12. The van der Waals surface area contributed by atoms with Gasteiger partial charge < -0.3 is 4.90 Å². The molecule has 1 aliphatic rings. The highest BCUT2D eigenvalue weighted by Crippen LogP contribution is 2.24. The highest BCUT2D eigenvalue weighted by molar-refractivity contribution is 5.10. The van der Waals surface area contributed by atoms with Gasteiger partial charge in [0.1, 0.15) is 5.82 Å². The van der Waals surface area contributed by atoms with Crippen LogP contribution >= 0.6 is 0 Å². The molecule has 1 aliphatic heterocycles. The monoisotopic (exact) mass is 285 g/mol. The van der Waals surface area contributed by atoms with Crippen LogP contribution in [0, 0.1) is 13.8 Å². The normalized spacial score (nSPS) is 19.8. The van der Waals surface area contributed by atoms with Gasteiger partial charge in [-0.15, -0.1) is 0 Å². The molecule has 2 aromatic heterocycles. The minimum atomic E-state index is 0.467. The molecule has 1 saturated heterocycles. The van der Waals surface area contributed by atoms with Crippen molar-refractivity contribution in [2.75, 3.05) is 19.6 Å². The van der Waals surface area contributed by atoms with E-state index in [0.717, 1.165) is 36.9 Å². The van der Waals surface area contributed by atoms with Crippen LogP contribution in [-0.4, -0.2) is 44.7 Å². The molecule has 1 fully saturated rings. The van der Waals surface area contributed by atoms with Gasteiger partial charge in [0.05, 0.1) is 0 Å². The Morgan fingerprint density at radius 3 is 2.95 bits per heavy atom. The zero-order chi connectivity index (χ0) is 14.7. The van der Waals surface area contributed by atoms with Crippen molar-refractivity contribution < 1.29 is 0 Å². The number of rotatable bonds is 4. The second kappa shape index (κ2) is 6.35. The molecule has 1 atom stereocenters. The lowest BCUT2D eigenvalue weighted by atomic mass is 9.97. The maximum absolute atomic E-state index is 4.58. The van der Waals surface area contributed by atoms with Gasteiger partial charge in [-0.25, -0.2) is 4.98 Å². The van der Waals surface area contributed by atoms with E-state index in [9.17, 15) is 0 Å². The molecule has 0 aliphatic carbocycles. The molecule has 3 heterocycles. The van der Waals surface area contributed by atoms with Crippen LogP contribution in [0.25, 0.3) is 0 Å². The average molecular weight is 285 g/mol. The summed E-state index contributed by atoms with van der Waals surface area (Å²) in [7, 11) is 0. The summed E-state index contributed by atoms with van der Waals surface area (Å²) in [5, 5.41) is 7.28. The van der Waals surface area contributed by atoms with E-state index < -0.39 is 0 Å². The molecule has 5 nitrogen and oxygen atoms in total. The lowest BCUT2D eigenvalue weighted by Crippen LogP contribution is -2.36. The first-order valence-corrected chi connectivity index (χ1v) is 7.74. The van der Waals surface area contributed by atoms with Crippen molar-refractivity contribution in [3.05, 3.63) is 41.2 Å². The van der Waals surface area contributed by atoms with Crippen LogP contribution in [0.1, 0.15) is 41.8 Å². The molecular formula is C16H23N5. The highest BCUT2D eigenvalue weighted by atomic mass is 15.2. The predicted molar refractivity (Wildman–Crippen MR) is 82.2 cm³/mol. The summed E-state index contributed by atoms with van der Waals surface area (Å²) in [6.45, 7) is 7.30. The Kier molecular flexibility index (Phi) is 4.29. The Morgan fingerprint density at radius 1 is 1.29 bits per heavy atom. The van der Waals surface area contributed by atoms with E-state index in [1.807, 2.05) is 19.9 Å². The van der Waals surface area contributed by atoms with Crippen LogP contribution in [0.15, 0.2) is 18.2 Å². The topological polar surface area (TPSA) is 57.7 Å². The first-order valence-electron chi connectivity index (χ1n) is 7.74. The van der Waals surface area contributed by atoms with Gasteiger partial charge in [-0.3, -0.25) is 10.1 Å². The van der Waals surface area contributed by atoms with Crippen LogP contribution in [-0.2, 0) is 6.42 Å². The van der Waals surface area contributed by atoms with E-state index in [4.69, 9.17) is 0 Å². The quantitative estimate of drug-likeness (QED) is 0.936. The Hall–Kier alpha value is -1.75. The molecule has 0 saturated carbocycles. The first-order chi connectivity index (χ1) is 10.2. The summed E-state index contributed by atoms with van der Waals surface area (Å²) in [6, 6.07) is 6.26. The Labute approximate surface area is 125 Å². The van der Waals surface area contributed by atoms with Crippen LogP contribution in [0.5, 0.6) is 0 Å². The summed E-state index contributed by atoms with van der Waals surface area (Å²) in [6.07, 6.45) is 3.43. The minimum Gasteiger partial charge on any atom is -0.302 e. The van der Waals surface area contributed by atoms with Crippen molar-refractivity contribution >= 4 is 0 Å². The number of aromatic nitrogens is 4. The van der Waals surface area contributed by atoms with Gasteiger partial charge in [0.25, 0.3) is 0 Å². The van der Waals surface area contributed by atoms with Crippen molar-refractivity contribution in [1.82, 2.24) is 25.1 Å². The maximum atomic E-state index is 4.58. The summed E-state index contributed by atoms with van der Waals surface area (Å²) >= 11 is 0. The standard InChI is InChI=1S/C16H23N5/c1-12-5-3-7-15(17-12)8-10-21-9-4-6-14(11-21)16-18-13(2)19-20-16/h3,5,7,14H,4,6,8-11H2,1-2H3,(H,18,19,20). The second-order valence-corrected chi connectivity index (χ2v) is 5.94. The van der Waals surface area contributed by atoms with Crippen LogP contribution < -0.4 is 0 Å². The largest absolute Gasteiger partial charge is 0.302 e. The number of H-pyrrole nitrogens is 1. The first kappa shape index (κ1) is 14.2. The zero-order valence-electron chi connectivity index (χ0n) is 12.8. The third kappa shape index (κ3) is 3.67. The molecule has 0 amide bonds. The van der Waals surface area contributed by atoms with E-state index >= 15 is 0 Å². The number of hydrogen-bond donors (Lipinski definition) is 1. The lowest BCUT2D eigenvalue weighted by Gasteiger charge is -2.31. The Bertz CT molecular complexity index is 592. The smallest absolute Gasteiger partial charge is 0.155 e. The zero-order valence-corrected chi connectivity index (χ0v) is 12.8. The lowest BCUT2D eigenvalue weighted by molar-refractivity contribution is 0.206. The van der Waals surface area contributed by atoms with Gasteiger partial charge in [0.15, 0.2) is 5.82 Å². The second-order valence-electron chi connectivity index (χ2n) is 5.94. The Balaban J connectivity index is 1.56. The van der Waals surface area contributed by atoms with E-state index in [1.165, 1.54) is 25.1 Å². The highest BCUT2D eigenvalue weighted by Gasteiger charge is 2.24. The van der Waals surface area contributed by atoms with Crippen molar-refractivity contribution in [2.45, 2.75) is 39.0 Å². The van der Waals surface area contributed by atoms with Gasteiger partial charge in [-0.05, 0) is 45.4 Å². The van der Waals surface area contributed by atoms with Crippen LogP contribution in [0.4, 0.5) is 0 Å². The molecule has 21 heavy (non-hydrogen) atoms. The minimum absolute atomic E-state index is 0.467. The van der Waals surface area contributed by atoms with Gasteiger partial charge in [-0.2, -0.15) is 5.10 Å². The van der Waals surface area contributed by atoms with Gasteiger partial charge in [-0.1, -0.05) is 6.07 Å². The summed E-state index contributed by atoms with van der Waals surface area (Å²) in [4.78, 5) is 11.6. The SMILES string of the molecule is Cc1cccc(CCN2CCCC(c3n[nH]c(C)n3)C2)n1. The molecule has 5 heteroatoms. The number of aromatic amines is 1. The molecule has 0 radical (unpaired) electrons. The number of nitrogens with zero attached hydrogens (tertiary/aromatic N) is 4. The number of aryl methyl sites for hydroxylation is 2. The predicted octanol–water partition coefficient (Wildman–Crippen LogP) is 2.24. The molecule has 1 unspecified atom stereocenters. The molecule has 1 N–H and O–H groups in total. The van der Waals surface area contributed by atoms with Gasteiger partial charge >= 0.3 is 0 Å². The van der Waals surface area contributed by atoms with Gasteiger partial charge in [0, 0.05) is 36.8 Å². The molecule has 2 aromatic rings. The molecule has 112 valence electrons. The fourth-order valence-corrected chi connectivity index (χ4v) is 3.02. The van der Waals surface area contributed by atoms with Crippen LogP contribution in [0.2, 0.25) is 0 Å². The Morgan fingerprint density at radius 2 is 2.19 bits per heavy atom. The van der Waals surface area contributed by atoms with E-state index in [0.29, 0.717) is 5.92 Å². The van der Waals surface area contributed by atoms with Gasteiger partial charge in [0.2, 0.25) is 0 Å². The van der Waals surface area contributed by atoms with Crippen molar-refractivity contribution in [1.29, 1.82) is 0 Å². The van der Waals surface area contributed by atoms with E-state index in [-0.39, 0.29) is 0 Å². The summed E-state index contributed by atoms with van der Waals surface area (Å²) in [5.74, 6) is 2.35. The molecular weight excluding hydrogens is 262 g/mol. The average Bonchev–Trinajstić information content (AvgIpc) is 2.92. The summed E-state index contributed by atoms with van der Waals surface area (Å²) < 4.78 is 0. The fourth-order valence-electron chi connectivity index (χ4n) is 3.02. The van der Waals surface area contributed by atoms with Crippen molar-refractivity contribution in [2.24, 2.45) is 0 Å². The number of nitrogens with one attached hydrogen (secondary N) is 1. The molecule has 0 aromatic carbocycles. The number of pyridine rings is 1. The maximum Gasteiger partial charge on any atom is 0.155 e.